The smallest absolute Gasteiger partial charge is 0.259 e. The normalized spacial score (nSPS) is 10.7. The number of nitrogens with zero attached hydrogens (tertiary/aromatic N) is 3. The zero-order valence-electron chi connectivity index (χ0n) is 15.9. The topological polar surface area (TPSA) is 79.8 Å². The van der Waals surface area contributed by atoms with Crippen LogP contribution in [0.15, 0.2) is 48.8 Å². The molecule has 6 nitrogen and oxygen atoms in total. The van der Waals surface area contributed by atoms with Gasteiger partial charge in [-0.1, -0.05) is 30.3 Å². The lowest BCUT2D eigenvalue weighted by molar-refractivity contribution is 0.102. The van der Waals surface area contributed by atoms with Gasteiger partial charge in [0.05, 0.1) is 5.56 Å². The van der Waals surface area contributed by atoms with Gasteiger partial charge in [-0.15, -0.1) is 0 Å². The number of benzene rings is 1. The SMILES string of the molecule is Cc1nc(NC(=O)c2cnc(NC(C)C)nc2)cc(-c2ccccc2)c1C. The van der Waals surface area contributed by atoms with Crippen LogP contribution in [0.25, 0.3) is 11.1 Å². The van der Waals surface area contributed by atoms with Crippen molar-refractivity contribution in [3.8, 4) is 11.1 Å². The number of aryl methyl sites for hydroxylation is 1. The Bertz CT molecular complexity index is 937. The maximum atomic E-state index is 12.5. The number of anilines is 2. The van der Waals surface area contributed by atoms with Crippen LogP contribution in [0.2, 0.25) is 0 Å². The maximum absolute atomic E-state index is 12.5. The highest BCUT2D eigenvalue weighted by Crippen LogP contribution is 2.27. The molecule has 1 aromatic carbocycles. The van der Waals surface area contributed by atoms with Crippen molar-refractivity contribution >= 4 is 17.7 Å². The summed E-state index contributed by atoms with van der Waals surface area (Å²) in [5, 5.41) is 5.94. The van der Waals surface area contributed by atoms with Crippen molar-refractivity contribution in [1.82, 2.24) is 15.0 Å². The van der Waals surface area contributed by atoms with Crippen molar-refractivity contribution < 1.29 is 4.79 Å². The molecule has 0 aliphatic rings. The second kappa shape index (κ2) is 7.95. The molecule has 0 aliphatic carbocycles. The molecule has 2 N–H and O–H groups in total. The molecule has 0 aliphatic heterocycles. The van der Waals surface area contributed by atoms with Crippen molar-refractivity contribution in [1.29, 1.82) is 0 Å². The molecule has 2 heterocycles. The van der Waals surface area contributed by atoms with E-state index in [9.17, 15) is 4.79 Å². The quantitative estimate of drug-likeness (QED) is 0.711. The number of hydrogen-bond donors (Lipinski definition) is 2. The van der Waals surface area contributed by atoms with Gasteiger partial charge in [-0.25, -0.2) is 15.0 Å². The Balaban J connectivity index is 1.83. The zero-order chi connectivity index (χ0) is 19.4. The number of pyridine rings is 1. The van der Waals surface area contributed by atoms with Crippen LogP contribution < -0.4 is 10.6 Å². The van der Waals surface area contributed by atoms with Gasteiger partial charge in [-0.2, -0.15) is 0 Å². The fraction of sp³-hybridized carbons (Fsp3) is 0.238. The molecule has 0 unspecified atom stereocenters. The summed E-state index contributed by atoms with van der Waals surface area (Å²) in [7, 11) is 0. The van der Waals surface area contributed by atoms with E-state index < -0.39 is 0 Å². The van der Waals surface area contributed by atoms with Gasteiger partial charge >= 0.3 is 0 Å². The third-order valence-electron chi connectivity index (χ3n) is 4.17. The molecular formula is C21H23N5O. The highest BCUT2D eigenvalue weighted by atomic mass is 16.1. The fourth-order valence-electron chi connectivity index (χ4n) is 2.68. The molecule has 3 aromatic rings. The fourth-order valence-corrected chi connectivity index (χ4v) is 2.68. The van der Waals surface area contributed by atoms with Crippen molar-refractivity contribution in [2.75, 3.05) is 10.6 Å². The number of aromatic nitrogens is 3. The standard InChI is InChI=1S/C21H23N5O/c1-13(2)24-21-22-11-17(12-23-21)20(27)26-19-10-18(14(3)15(4)25-19)16-8-6-5-7-9-16/h5-13H,1-4H3,(H,22,23,24)(H,25,26,27). The second-order valence-corrected chi connectivity index (χ2v) is 6.68. The first kappa shape index (κ1) is 18.5. The maximum Gasteiger partial charge on any atom is 0.259 e. The molecule has 0 saturated heterocycles. The van der Waals surface area contributed by atoms with E-state index >= 15 is 0 Å². The summed E-state index contributed by atoms with van der Waals surface area (Å²) < 4.78 is 0. The second-order valence-electron chi connectivity index (χ2n) is 6.68. The van der Waals surface area contributed by atoms with Crippen LogP contribution in [0.3, 0.4) is 0 Å². The summed E-state index contributed by atoms with van der Waals surface area (Å²) in [5.41, 5.74) is 4.48. The Labute approximate surface area is 159 Å². The van der Waals surface area contributed by atoms with Gasteiger partial charge < -0.3 is 10.6 Å². The van der Waals surface area contributed by atoms with Crippen molar-refractivity contribution in [3.05, 3.63) is 65.6 Å². The van der Waals surface area contributed by atoms with E-state index in [1.165, 1.54) is 12.4 Å². The minimum absolute atomic E-state index is 0.223. The molecule has 27 heavy (non-hydrogen) atoms. The van der Waals surface area contributed by atoms with Crippen molar-refractivity contribution in [3.63, 3.8) is 0 Å². The highest BCUT2D eigenvalue weighted by Gasteiger charge is 2.12. The molecule has 0 bridgehead atoms. The predicted octanol–water partition coefficient (Wildman–Crippen LogP) is 4.23. The monoisotopic (exact) mass is 361 g/mol. The Morgan fingerprint density at radius 2 is 1.70 bits per heavy atom. The summed E-state index contributed by atoms with van der Waals surface area (Å²) in [6, 6.07) is 12.2. The van der Waals surface area contributed by atoms with E-state index in [0.29, 0.717) is 17.3 Å². The lowest BCUT2D eigenvalue weighted by atomic mass is 10.0. The molecule has 2 aromatic heterocycles. The number of carbonyl (C=O) groups excluding carboxylic acids is 1. The summed E-state index contributed by atoms with van der Waals surface area (Å²) >= 11 is 0. The van der Waals surface area contributed by atoms with Crippen molar-refractivity contribution in [2.45, 2.75) is 33.7 Å². The highest BCUT2D eigenvalue weighted by molar-refractivity contribution is 6.03. The molecule has 0 radical (unpaired) electrons. The molecule has 1 amide bonds. The van der Waals surface area contributed by atoms with E-state index in [4.69, 9.17) is 0 Å². The van der Waals surface area contributed by atoms with Crippen LogP contribution in [0, 0.1) is 13.8 Å². The van der Waals surface area contributed by atoms with Gasteiger partial charge in [-0.3, -0.25) is 4.79 Å². The van der Waals surface area contributed by atoms with Gasteiger partial charge in [0, 0.05) is 24.1 Å². The van der Waals surface area contributed by atoms with Crippen LogP contribution in [-0.2, 0) is 0 Å². The number of amides is 1. The number of rotatable bonds is 5. The molecule has 0 spiro atoms. The Kier molecular flexibility index (Phi) is 5.45. The van der Waals surface area contributed by atoms with Gasteiger partial charge in [0.1, 0.15) is 5.82 Å². The average molecular weight is 361 g/mol. The van der Waals surface area contributed by atoms with E-state index in [-0.39, 0.29) is 11.9 Å². The molecular weight excluding hydrogens is 338 g/mol. The summed E-state index contributed by atoms with van der Waals surface area (Å²) in [6.07, 6.45) is 3.01. The van der Waals surface area contributed by atoms with Gasteiger partial charge in [0.15, 0.2) is 0 Å². The van der Waals surface area contributed by atoms with E-state index in [2.05, 4.69) is 25.6 Å². The summed E-state index contributed by atoms with van der Waals surface area (Å²) in [6.45, 7) is 7.97. The zero-order valence-corrected chi connectivity index (χ0v) is 15.9. The third kappa shape index (κ3) is 4.47. The van der Waals surface area contributed by atoms with Crippen molar-refractivity contribution in [2.24, 2.45) is 0 Å². The van der Waals surface area contributed by atoms with E-state index in [0.717, 1.165) is 22.4 Å². The molecule has 138 valence electrons. The average Bonchev–Trinajstić information content (AvgIpc) is 2.65. The third-order valence-corrected chi connectivity index (χ3v) is 4.17. The minimum Gasteiger partial charge on any atom is -0.352 e. The lowest BCUT2D eigenvalue weighted by Gasteiger charge is -2.13. The van der Waals surface area contributed by atoms with E-state index in [1.54, 1.807) is 0 Å². The molecule has 3 rings (SSSR count). The summed E-state index contributed by atoms with van der Waals surface area (Å²) in [5.74, 6) is 0.712. The number of carbonyl (C=O) groups is 1. The van der Waals surface area contributed by atoms with Crippen LogP contribution in [0.1, 0.15) is 35.5 Å². The Hall–Kier alpha value is -3.28. The largest absolute Gasteiger partial charge is 0.352 e. The predicted molar refractivity (Wildman–Crippen MR) is 108 cm³/mol. The lowest BCUT2D eigenvalue weighted by Crippen LogP contribution is -2.16. The Morgan fingerprint density at radius 3 is 2.33 bits per heavy atom. The first-order valence-corrected chi connectivity index (χ1v) is 8.87. The Morgan fingerprint density at radius 1 is 1.04 bits per heavy atom. The molecule has 0 saturated carbocycles. The molecule has 0 fully saturated rings. The summed E-state index contributed by atoms with van der Waals surface area (Å²) in [4.78, 5) is 25.4. The first-order chi connectivity index (χ1) is 12.9. The van der Waals surface area contributed by atoms with Crippen LogP contribution in [0.5, 0.6) is 0 Å². The van der Waals surface area contributed by atoms with Crippen LogP contribution >= 0.6 is 0 Å². The van der Waals surface area contributed by atoms with E-state index in [1.807, 2.05) is 64.1 Å². The van der Waals surface area contributed by atoms with Gasteiger partial charge in [-0.05, 0) is 50.5 Å². The molecule has 0 atom stereocenters. The molecule has 6 heteroatoms. The first-order valence-electron chi connectivity index (χ1n) is 8.87. The van der Waals surface area contributed by atoms with Gasteiger partial charge in [0.2, 0.25) is 5.95 Å². The number of nitrogens with one attached hydrogen (secondary N) is 2. The van der Waals surface area contributed by atoms with Crippen LogP contribution in [0.4, 0.5) is 11.8 Å². The minimum atomic E-state index is -0.291. The van der Waals surface area contributed by atoms with Crippen LogP contribution in [-0.4, -0.2) is 26.9 Å². The number of hydrogen-bond acceptors (Lipinski definition) is 5. The van der Waals surface area contributed by atoms with Gasteiger partial charge in [0.25, 0.3) is 5.91 Å².